The highest BCUT2D eigenvalue weighted by molar-refractivity contribution is 8.02. The first-order valence-electron chi connectivity index (χ1n) is 6.28. The summed E-state index contributed by atoms with van der Waals surface area (Å²) >= 11 is 1.66. The summed E-state index contributed by atoms with van der Waals surface area (Å²) < 4.78 is 11.1. The van der Waals surface area contributed by atoms with Gasteiger partial charge in [-0.3, -0.25) is 0 Å². The number of fused-ring (bicyclic) bond motifs is 1. The zero-order valence-corrected chi connectivity index (χ0v) is 12.3. The summed E-state index contributed by atoms with van der Waals surface area (Å²) in [6.45, 7) is 6.39. The number of methoxy groups -OCH3 is 1. The Bertz CT molecular complexity index is 545. The zero-order valence-electron chi connectivity index (χ0n) is 11.5. The normalized spacial score (nSPS) is 30.5. The Labute approximate surface area is 117 Å². The highest BCUT2D eigenvalue weighted by atomic mass is 32.2. The highest BCUT2D eigenvalue weighted by Crippen LogP contribution is 2.66. The van der Waals surface area contributed by atoms with Crippen molar-refractivity contribution in [3.63, 3.8) is 0 Å². The second-order valence-electron chi connectivity index (χ2n) is 5.44. The summed E-state index contributed by atoms with van der Waals surface area (Å²) in [5, 5.41) is -0.280. The summed E-state index contributed by atoms with van der Waals surface area (Å²) in [5.41, 5.74) is 0.632. The number of thioether (sulfide) groups is 1. The van der Waals surface area contributed by atoms with Gasteiger partial charge in [-0.25, -0.2) is 9.69 Å². The van der Waals surface area contributed by atoms with Crippen LogP contribution in [0.4, 0.5) is 10.5 Å². The molecule has 0 saturated carbocycles. The van der Waals surface area contributed by atoms with Crippen LogP contribution in [-0.2, 0) is 4.74 Å². The van der Waals surface area contributed by atoms with Crippen molar-refractivity contribution in [2.24, 2.45) is 5.41 Å². The van der Waals surface area contributed by atoms with Gasteiger partial charge in [0.05, 0.1) is 12.8 Å². The predicted molar refractivity (Wildman–Crippen MR) is 75.5 cm³/mol. The molecule has 3 rings (SSSR count). The van der Waals surface area contributed by atoms with E-state index in [0.29, 0.717) is 5.25 Å². The molecule has 0 aromatic heterocycles. The molecule has 5 heteroatoms. The molecule has 0 bridgehead atoms. The summed E-state index contributed by atoms with van der Waals surface area (Å²) in [6, 6.07) is 7.59. The molecular formula is C14H17NO3S. The second-order valence-corrected chi connectivity index (χ2v) is 6.94. The predicted octanol–water partition coefficient (Wildman–Crippen LogP) is 3.47. The third-order valence-electron chi connectivity index (χ3n) is 4.17. The minimum Gasteiger partial charge on any atom is -0.455 e. The molecule has 2 aliphatic rings. The molecule has 1 saturated heterocycles. The molecule has 2 heterocycles. The first-order valence-corrected chi connectivity index (χ1v) is 7.16. The smallest absolute Gasteiger partial charge is 0.418 e. The number of anilines is 1. The molecule has 1 amide bonds. The van der Waals surface area contributed by atoms with Crippen LogP contribution in [0.3, 0.4) is 0 Å². The number of carbonyl (C=O) groups is 1. The highest BCUT2D eigenvalue weighted by Gasteiger charge is 2.69. The van der Waals surface area contributed by atoms with Crippen molar-refractivity contribution < 1.29 is 14.3 Å². The van der Waals surface area contributed by atoms with E-state index < -0.39 is 5.06 Å². The Hall–Kier alpha value is -1.36. The summed E-state index contributed by atoms with van der Waals surface area (Å²) in [5.74, 6) is 0.736. The number of rotatable bonds is 0. The molecule has 2 aliphatic heterocycles. The van der Waals surface area contributed by atoms with Crippen molar-refractivity contribution in [2.45, 2.75) is 31.1 Å². The SMILES string of the molecule is COC(=O)N1c2ccccc2OC12SC(C)C2(C)C. The fourth-order valence-corrected chi connectivity index (χ4v) is 4.27. The van der Waals surface area contributed by atoms with E-state index >= 15 is 0 Å². The molecule has 2 unspecified atom stereocenters. The van der Waals surface area contributed by atoms with Gasteiger partial charge in [0, 0.05) is 10.7 Å². The van der Waals surface area contributed by atoms with Crippen LogP contribution >= 0.6 is 11.8 Å². The van der Waals surface area contributed by atoms with Crippen LogP contribution in [0, 0.1) is 5.41 Å². The van der Waals surface area contributed by atoms with Crippen LogP contribution in [0.2, 0.25) is 0 Å². The lowest BCUT2D eigenvalue weighted by Crippen LogP contribution is -2.69. The van der Waals surface area contributed by atoms with Crippen molar-refractivity contribution in [3.8, 4) is 5.75 Å². The molecule has 1 fully saturated rings. The first kappa shape index (κ1) is 12.7. The van der Waals surface area contributed by atoms with Crippen LogP contribution < -0.4 is 9.64 Å². The van der Waals surface area contributed by atoms with E-state index in [1.54, 1.807) is 16.7 Å². The van der Waals surface area contributed by atoms with Gasteiger partial charge in [0.2, 0.25) is 5.06 Å². The van der Waals surface area contributed by atoms with E-state index in [0.717, 1.165) is 11.4 Å². The molecule has 1 aromatic carbocycles. The number of hydrogen-bond acceptors (Lipinski definition) is 4. The van der Waals surface area contributed by atoms with Crippen molar-refractivity contribution in [1.29, 1.82) is 0 Å². The van der Waals surface area contributed by atoms with Gasteiger partial charge in [-0.15, -0.1) is 0 Å². The number of carbonyl (C=O) groups excluding carboxylic acids is 1. The van der Waals surface area contributed by atoms with Gasteiger partial charge in [-0.2, -0.15) is 0 Å². The Morgan fingerprint density at radius 2 is 2.11 bits per heavy atom. The lowest BCUT2D eigenvalue weighted by atomic mass is 9.84. The maximum Gasteiger partial charge on any atom is 0.418 e. The van der Waals surface area contributed by atoms with Crippen LogP contribution in [0.15, 0.2) is 24.3 Å². The molecule has 19 heavy (non-hydrogen) atoms. The van der Waals surface area contributed by atoms with Crippen LogP contribution in [-0.4, -0.2) is 23.5 Å². The Kier molecular flexibility index (Phi) is 2.55. The lowest BCUT2D eigenvalue weighted by molar-refractivity contribution is 0.0274. The van der Waals surface area contributed by atoms with E-state index in [2.05, 4.69) is 20.8 Å². The number of amides is 1. The van der Waals surface area contributed by atoms with E-state index in [1.807, 2.05) is 24.3 Å². The number of hydrogen-bond donors (Lipinski definition) is 0. The maximum absolute atomic E-state index is 12.2. The second kappa shape index (κ2) is 3.82. The van der Waals surface area contributed by atoms with Crippen LogP contribution in [0.1, 0.15) is 20.8 Å². The molecule has 0 aliphatic carbocycles. The third-order valence-corrected chi connectivity index (χ3v) is 6.23. The van der Waals surface area contributed by atoms with E-state index in [1.165, 1.54) is 7.11 Å². The number of nitrogens with zero attached hydrogens (tertiary/aromatic N) is 1. The molecule has 4 nitrogen and oxygen atoms in total. The van der Waals surface area contributed by atoms with Gasteiger partial charge in [-0.1, -0.05) is 44.7 Å². The minimum absolute atomic E-state index is 0.148. The molecular weight excluding hydrogens is 262 g/mol. The van der Waals surface area contributed by atoms with Gasteiger partial charge in [0.1, 0.15) is 5.75 Å². The average molecular weight is 279 g/mol. The molecule has 1 spiro atoms. The van der Waals surface area contributed by atoms with E-state index in [9.17, 15) is 4.79 Å². The van der Waals surface area contributed by atoms with Crippen LogP contribution in [0.5, 0.6) is 5.75 Å². The van der Waals surface area contributed by atoms with Gasteiger partial charge in [0.15, 0.2) is 0 Å². The van der Waals surface area contributed by atoms with Crippen molar-refractivity contribution in [1.82, 2.24) is 0 Å². The molecule has 0 N–H and O–H groups in total. The quantitative estimate of drug-likeness (QED) is 0.729. The van der Waals surface area contributed by atoms with Gasteiger partial charge in [0.25, 0.3) is 0 Å². The van der Waals surface area contributed by atoms with E-state index in [4.69, 9.17) is 9.47 Å². The van der Waals surface area contributed by atoms with Crippen molar-refractivity contribution in [3.05, 3.63) is 24.3 Å². The van der Waals surface area contributed by atoms with Crippen molar-refractivity contribution in [2.75, 3.05) is 12.0 Å². The number of ether oxygens (including phenoxy) is 2. The maximum atomic E-state index is 12.2. The molecule has 2 atom stereocenters. The summed E-state index contributed by atoms with van der Waals surface area (Å²) in [4.78, 5) is 13.8. The van der Waals surface area contributed by atoms with Crippen molar-refractivity contribution >= 4 is 23.5 Å². The van der Waals surface area contributed by atoms with Gasteiger partial charge >= 0.3 is 6.09 Å². The van der Waals surface area contributed by atoms with E-state index in [-0.39, 0.29) is 11.5 Å². The first-order chi connectivity index (χ1) is 8.94. The lowest BCUT2D eigenvalue weighted by Gasteiger charge is -2.58. The Morgan fingerprint density at radius 1 is 1.42 bits per heavy atom. The molecule has 102 valence electrons. The topological polar surface area (TPSA) is 38.8 Å². The largest absolute Gasteiger partial charge is 0.455 e. The zero-order chi connectivity index (χ0) is 13.8. The summed E-state index contributed by atoms with van der Waals surface area (Å²) in [6.07, 6.45) is -0.377. The minimum atomic E-state index is -0.691. The average Bonchev–Trinajstić information content (AvgIpc) is 2.74. The Balaban J connectivity index is 2.11. The fraction of sp³-hybridized carbons (Fsp3) is 0.500. The molecule has 1 aromatic rings. The fourth-order valence-electron chi connectivity index (χ4n) is 2.63. The standard InChI is InChI=1S/C14H17NO3S/c1-9-13(2,3)14(19-9)15(12(16)17-4)10-7-5-6-8-11(10)18-14/h5-9H,1-4H3. The van der Waals surface area contributed by atoms with Gasteiger partial charge < -0.3 is 9.47 Å². The number of benzene rings is 1. The monoisotopic (exact) mass is 279 g/mol. The van der Waals surface area contributed by atoms with Gasteiger partial charge in [-0.05, 0) is 12.1 Å². The number of para-hydroxylation sites is 2. The summed E-state index contributed by atoms with van der Waals surface area (Å²) in [7, 11) is 1.40. The molecule has 0 radical (unpaired) electrons. The Morgan fingerprint density at radius 3 is 2.68 bits per heavy atom. The third kappa shape index (κ3) is 1.39. The van der Waals surface area contributed by atoms with Crippen LogP contribution in [0.25, 0.3) is 0 Å².